The zero-order valence-corrected chi connectivity index (χ0v) is 8.50. The summed E-state index contributed by atoms with van der Waals surface area (Å²) in [6.45, 7) is -1.08. The summed E-state index contributed by atoms with van der Waals surface area (Å²) in [5.74, 6) is -4.07. The van der Waals surface area contributed by atoms with Gasteiger partial charge in [0.25, 0.3) is 10.1 Å². The van der Waals surface area contributed by atoms with Gasteiger partial charge in [0.15, 0.2) is 18.2 Å². The number of rotatable bonds is 4. The number of benzene rings is 1. The van der Waals surface area contributed by atoms with Crippen molar-refractivity contribution in [1.29, 1.82) is 0 Å². The summed E-state index contributed by atoms with van der Waals surface area (Å²) in [5.41, 5.74) is 0. The van der Waals surface area contributed by atoms with Crippen molar-refractivity contribution < 1.29 is 31.3 Å². The van der Waals surface area contributed by atoms with Crippen LogP contribution in [0.4, 0.5) is 8.78 Å². The molecule has 88 valence electrons. The average molecular weight is 252 g/mol. The Labute approximate surface area is 89.4 Å². The molecule has 0 spiro atoms. The number of hydrogen-bond donors (Lipinski definition) is 1. The Hall–Kier alpha value is -1.54. The lowest BCUT2D eigenvalue weighted by Gasteiger charge is -2.03. The van der Waals surface area contributed by atoms with Crippen molar-refractivity contribution >= 4 is 16.1 Å². The van der Waals surface area contributed by atoms with Crippen LogP contribution < -0.4 is 0 Å². The van der Waals surface area contributed by atoms with Crippen LogP contribution in [0.15, 0.2) is 23.1 Å². The Balaban J connectivity index is 2.99. The molecule has 1 rings (SSSR count). The second kappa shape index (κ2) is 4.54. The lowest BCUT2D eigenvalue weighted by Crippen LogP contribution is -2.14. The lowest BCUT2D eigenvalue weighted by molar-refractivity contribution is -0.139. The van der Waals surface area contributed by atoms with E-state index in [9.17, 15) is 22.0 Å². The first-order valence-electron chi connectivity index (χ1n) is 3.89. The molecule has 16 heavy (non-hydrogen) atoms. The van der Waals surface area contributed by atoms with Crippen molar-refractivity contribution in [3.8, 4) is 0 Å². The molecule has 0 saturated heterocycles. The Morgan fingerprint density at radius 3 is 2.44 bits per heavy atom. The van der Waals surface area contributed by atoms with Crippen LogP contribution in [0.1, 0.15) is 0 Å². The van der Waals surface area contributed by atoms with E-state index in [2.05, 4.69) is 4.18 Å². The molecule has 5 nitrogen and oxygen atoms in total. The SMILES string of the molecule is O=C(O)COS(=O)(=O)c1ccc(F)c(F)c1. The first-order valence-corrected chi connectivity index (χ1v) is 5.30. The highest BCUT2D eigenvalue weighted by Gasteiger charge is 2.18. The van der Waals surface area contributed by atoms with Gasteiger partial charge < -0.3 is 5.11 Å². The van der Waals surface area contributed by atoms with E-state index in [-0.39, 0.29) is 0 Å². The Bertz CT molecular complexity index is 511. The number of carboxylic acid groups (broad SMARTS) is 1. The zero-order chi connectivity index (χ0) is 12.3. The van der Waals surface area contributed by atoms with Gasteiger partial charge in [0, 0.05) is 0 Å². The molecule has 0 unspecified atom stereocenters. The monoisotopic (exact) mass is 252 g/mol. The molecule has 1 N–H and O–H groups in total. The second-order valence-corrected chi connectivity index (χ2v) is 4.30. The molecule has 0 heterocycles. The standard InChI is InChI=1S/C8H6F2O5S/c9-6-2-1-5(3-7(6)10)16(13,14)15-4-8(11)12/h1-3H,4H2,(H,11,12). The van der Waals surface area contributed by atoms with Crippen LogP contribution in [-0.2, 0) is 19.1 Å². The van der Waals surface area contributed by atoms with Gasteiger partial charge in [-0.25, -0.2) is 13.6 Å². The van der Waals surface area contributed by atoms with Gasteiger partial charge in [0.05, 0.1) is 4.90 Å². The fourth-order valence-corrected chi connectivity index (χ4v) is 1.70. The van der Waals surface area contributed by atoms with Gasteiger partial charge in [-0.15, -0.1) is 0 Å². The lowest BCUT2D eigenvalue weighted by atomic mass is 10.3. The fourth-order valence-electron chi connectivity index (χ4n) is 0.828. The van der Waals surface area contributed by atoms with Gasteiger partial charge in [-0.3, -0.25) is 4.18 Å². The minimum absolute atomic E-state index is 0.409. The summed E-state index contributed by atoms with van der Waals surface area (Å²) in [6.07, 6.45) is 0. The molecular weight excluding hydrogens is 246 g/mol. The Morgan fingerprint density at radius 2 is 1.94 bits per heavy atom. The van der Waals surface area contributed by atoms with Crippen LogP contribution in [0.3, 0.4) is 0 Å². The molecule has 1 aromatic carbocycles. The number of hydrogen-bond acceptors (Lipinski definition) is 4. The quantitative estimate of drug-likeness (QED) is 0.800. The highest BCUT2D eigenvalue weighted by molar-refractivity contribution is 7.86. The van der Waals surface area contributed by atoms with Crippen molar-refractivity contribution in [3.63, 3.8) is 0 Å². The predicted molar refractivity (Wildman–Crippen MR) is 47.1 cm³/mol. The summed E-state index contributed by atoms with van der Waals surface area (Å²) < 4.78 is 51.7. The van der Waals surface area contributed by atoms with Crippen LogP contribution in [-0.4, -0.2) is 26.1 Å². The summed E-state index contributed by atoms with van der Waals surface area (Å²) in [5, 5.41) is 8.20. The molecule has 0 saturated carbocycles. The molecule has 8 heteroatoms. The third-order valence-electron chi connectivity index (χ3n) is 1.52. The third kappa shape index (κ3) is 2.97. The second-order valence-electron chi connectivity index (χ2n) is 2.69. The number of carbonyl (C=O) groups is 1. The van der Waals surface area contributed by atoms with Gasteiger partial charge in [0.2, 0.25) is 0 Å². The highest BCUT2D eigenvalue weighted by atomic mass is 32.2. The molecule has 0 aliphatic heterocycles. The highest BCUT2D eigenvalue weighted by Crippen LogP contribution is 2.15. The predicted octanol–water partition coefficient (Wildman–Crippen LogP) is 0.755. The van der Waals surface area contributed by atoms with Crippen molar-refractivity contribution in [3.05, 3.63) is 29.8 Å². The van der Waals surface area contributed by atoms with Gasteiger partial charge in [-0.05, 0) is 18.2 Å². The summed E-state index contributed by atoms with van der Waals surface area (Å²) in [6, 6.07) is 1.79. The molecule has 0 amide bonds. The minimum atomic E-state index is -4.38. The van der Waals surface area contributed by atoms with E-state index in [4.69, 9.17) is 5.11 Å². The van der Waals surface area contributed by atoms with Crippen LogP contribution >= 0.6 is 0 Å². The summed E-state index contributed by atoms with van der Waals surface area (Å²) in [7, 11) is -4.38. The van der Waals surface area contributed by atoms with E-state index >= 15 is 0 Å². The smallest absolute Gasteiger partial charge is 0.331 e. The normalized spacial score (nSPS) is 11.4. The molecule has 0 atom stereocenters. The van der Waals surface area contributed by atoms with E-state index in [0.29, 0.717) is 12.1 Å². The van der Waals surface area contributed by atoms with E-state index in [1.54, 1.807) is 0 Å². The van der Waals surface area contributed by atoms with Crippen molar-refractivity contribution in [2.24, 2.45) is 0 Å². The molecular formula is C8H6F2O5S. The van der Waals surface area contributed by atoms with E-state index in [0.717, 1.165) is 6.07 Å². The van der Waals surface area contributed by atoms with Gasteiger partial charge in [-0.1, -0.05) is 0 Å². The summed E-state index contributed by atoms with van der Waals surface area (Å²) in [4.78, 5) is 9.43. The number of aliphatic carboxylic acids is 1. The molecule has 0 radical (unpaired) electrons. The average Bonchev–Trinajstić information content (AvgIpc) is 2.19. The number of halogens is 2. The molecule has 1 aromatic rings. The Morgan fingerprint density at radius 1 is 1.31 bits per heavy atom. The largest absolute Gasteiger partial charge is 0.479 e. The summed E-state index contributed by atoms with van der Waals surface area (Å²) >= 11 is 0. The zero-order valence-electron chi connectivity index (χ0n) is 7.68. The molecule has 0 aliphatic carbocycles. The van der Waals surface area contributed by atoms with Crippen molar-refractivity contribution in [2.45, 2.75) is 4.90 Å². The molecule has 0 aliphatic rings. The maximum Gasteiger partial charge on any atom is 0.331 e. The minimum Gasteiger partial charge on any atom is -0.479 e. The van der Waals surface area contributed by atoms with Crippen LogP contribution in [0.25, 0.3) is 0 Å². The van der Waals surface area contributed by atoms with Crippen molar-refractivity contribution in [1.82, 2.24) is 0 Å². The molecule has 0 aromatic heterocycles. The maximum atomic E-state index is 12.7. The van der Waals surface area contributed by atoms with Crippen LogP contribution in [0.2, 0.25) is 0 Å². The maximum absolute atomic E-state index is 12.7. The van der Waals surface area contributed by atoms with E-state index < -0.39 is 39.2 Å². The molecule has 0 fully saturated rings. The van der Waals surface area contributed by atoms with Gasteiger partial charge in [-0.2, -0.15) is 8.42 Å². The van der Waals surface area contributed by atoms with E-state index in [1.807, 2.05) is 0 Å². The third-order valence-corrected chi connectivity index (χ3v) is 2.78. The first kappa shape index (κ1) is 12.5. The van der Waals surface area contributed by atoms with Crippen molar-refractivity contribution in [2.75, 3.05) is 6.61 Å². The Kier molecular flexibility index (Phi) is 3.55. The number of carboxylic acids is 1. The van der Waals surface area contributed by atoms with Crippen LogP contribution in [0, 0.1) is 11.6 Å². The molecule has 0 bridgehead atoms. The van der Waals surface area contributed by atoms with E-state index in [1.165, 1.54) is 0 Å². The fraction of sp³-hybridized carbons (Fsp3) is 0.125. The van der Waals surface area contributed by atoms with Crippen LogP contribution in [0.5, 0.6) is 0 Å². The first-order chi connectivity index (χ1) is 7.33. The topological polar surface area (TPSA) is 80.7 Å². The van der Waals surface area contributed by atoms with Gasteiger partial charge >= 0.3 is 5.97 Å². The van der Waals surface area contributed by atoms with Gasteiger partial charge in [0.1, 0.15) is 0 Å².